The van der Waals surface area contributed by atoms with Gasteiger partial charge in [0.1, 0.15) is 6.61 Å². The molecule has 0 radical (unpaired) electrons. The van der Waals surface area contributed by atoms with Crippen molar-refractivity contribution in [2.75, 3.05) is 33.0 Å². The zero-order chi connectivity index (χ0) is 29.1. The van der Waals surface area contributed by atoms with Crippen molar-refractivity contribution >= 4 is 17.8 Å². The maximum absolute atomic E-state index is 13.2. The van der Waals surface area contributed by atoms with Crippen LogP contribution >= 0.6 is 0 Å². The van der Waals surface area contributed by atoms with E-state index in [2.05, 4.69) is 23.8 Å². The third kappa shape index (κ3) is 14.7. The van der Waals surface area contributed by atoms with Crippen molar-refractivity contribution in [1.29, 1.82) is 0 Å². The van der Waals surface area contributed by atoms with Gasteiger partial charge in [0.2, 0.25) is 11.8 Å². The number of nitrogens with one attached hydrogen (secondary N) is 2. The van der Waals surface area contributed by atoms with E-state index < -0.39 is 17.4 Å². The van der Waals surface area contributed by atoms with Crippen LogP contribution in [0, 0.1) is 17.3 Å². The fourth-order valence-electron chi connectivity index (χ4n) is 4.00. The lowest BCUT2D eigenvalue weighted by atomic mass is 9.86. The van der Waals surface area contributed by atoms with Crippen LogP contribution in [-0.4, -0.2) is 61.9 Å². The molecule has 8 heteroatoms. The predicted molar refractivity (Wildman–Crippen MR) is 154 cm³/mol. The second kappa shape index (κ2) is 19.1. The zero-order valence-electron chi connectivity index (χ0n) is 24.0. The van der Waals surface area contributed by atoms with Gasteiger partial charge in [-0.15, -0.1) is 13.2 Å². The van der Waals surface area contributed by atoms with E-state index in [9.17, 15) is 14.4 Å². The molecule has 8 nitrogen and oxygen atoms in total. The van der Waals surface area contributed by atoms with Crippen molar-refractivity contribution in [3.05, 3.63) is 61.2 Å². The molecule has 2 amide bonds. The number of esters is 1. The highest BCUT2D eigenvalue weighted by Crippen LogP contribution is 2.23. The first-order valence-corrected chi connectivity index (χ1v) is 13.8. The van der Waals surface area contributed by atoms with Crippen LogP contribution in [0.5, 0.6) is 0 Å². The summed E-state index contributed by atoms with van der Waals surface area (Å²) in [6.07, 6.45) is 6.74. The molecule has 0 saturated carbocycles. The summed E-state index contributed by atoms with van der Waals surface area (Å²) in [4.78, 5) is 38.7. The van der Waals surface area contributed by atoms with Gasteiger partial charge in [0.05, 0.1) is 37.7 Å². The zero-order valence-corrected chi connectivity index (χ0v) is 24.0. The van der Waals surface area contributed by atoms with Crippen LogP contribution in [0.3, 0.4) is 0 Å². The minimum Gasteiger partial charge on any atom is -0.463 e. The first kappa shape index (κ1) is 34.1. The molecule has 1 rings (SSSR count). The van der Waals surface area contributed by atoms with Crippen LogP contribution in [-0.2, 0) is 30.3 Å². The van der Waals surface area contributed by atoms with Gasteiger partial charge in [-0.05, 0) is 43.1 Å². The number of hydrogen-bond acceptors (Lipinski definition) is 6. The van der Waals surface area contributed by atoms with Gasteiger partial charge >= 0.3 is 5.97 Å². The average Bonchev–Trinajstić information content (AvgIpc) is 2.89. The normalized spacial score (nSPS) is 13.5. The SMILES string of the molecule is C=CCCC[C@H](Cc1ccccc1)C(=O)OC[C@@H](NC(=O)[C@@H](CC=C)CC(=O)NCCOCCO)C(C)(C)C. The number of carbonyl (C=O) groups excluding carboxylic acids is 3. The summed E-state index contributed by atoms with van der Waals surface area (Å²) in [5.41, 5.74) is 0.683. The Bertz CT molecular complexity index is 881. The second-order valence-electron chi connectivity index (χ2n) is 10.8. The molecule has 39 heavy (non-hydrogen) atoms. The number of benzene rings is 1. The number of rotatable bonds is 20. The molecule has 0 aliphatic carbocycles. The first-order chi connectivity index (χ1) is 18.6. The van der Waals surface area contributed by atoms with Gasteiger partial charge in [0, 0.05) is 13.0 Å². The van der Waals surface area contributed by atoms with Crippen LogP contribution in [0.2, 0.25) is 0 Å². The molecule has 3 atom stereocenters. The molecule has 0 aliphatic heterocycles. The molecule has 1 aromatic carbocycles. The molecule has 218 valence electrons. The van der Waals surface area contributed by atoms with E-state index in [0.29, 0.717) is 25.8 Å². The summed E-state index contributed by atoms with van der Waals surface area (Å²) in [6.45, 7) is 14.1. The number of ether oxygens (including phenoxy) is 2. The number of aliphatic hydroxyl groups excluding tert-OH is 1. The number of allylic oxidation sites excluding steroid dienone is 2. The first-order valence-electron chi connectivity index (χ1n) is 13.8. The molecule has 0 saturated heterocycles. The highest BCUT2D eigenvalue weighted by Gasteiger charge is 2.31. The lowest BCUT2D eigenvalue weighted by Crippen LogP contribution is -2.49. The molecular formula is C31H48N2O6. The van der Waals surface area contributed by atoms with Gasteiger partial charge < -0.3 is 25.2 Å². The molecule has 0 fully saturated rings. The van der Waals surface area contributed by atoms with Crippen LogP contribution < -0.4 is 10.6 Å². The Morgan fingerprint density at radius 2 is 1.77 bits per heavy atom. The number of unbranched alkanes of at least 4 members (excludes halogenated alkanes) is 1. The number of amides is 2. The molecule has 0 bridgehead atoms. The topological polar surface area (TPSA) is 114 Å². The molecular weight excluding hydrogens is 496 g/mol. The van der Waals surface area contributed by atoms with Gasteiger partial charge in [0.15, 0.2) is 0 Å². The predicted octanol–water partition coefficient (Wildman–Crippen LogP) is 3.98. The maximum atomic E-state index is 13.2. The lowest BCUT2D eigenvalue weighted by Gasteiger charge is -2.32. The largest absolute Gasteiger partial charge is 0.463 e. The Morgan fingerprint density at radius 3 is 2.38 bits per heavy atom. The summed E-state index contributed by atoms with van der Waals surface area (Å²) in [5, 5.41) is 14.5. The number of carbonyl (C=O) groups is 3. The average molecular weight is 545 g/mol. The minimum absolute atomic E-state index is 0.00302. The highest BCUT2D eigenvalue weighted by atomic mass is 16.5. The van der Waals surface area contributed by atoms with Crippen molar-refractivity contribution < 1.29 is 29.0 Å². The standard InChI is InChI=1S/C31H48N2O6/c1-6-8-10-16-26(21-24-14-11-9-12-15-24)30(37)39-23-27(31(3,4)5)33-29(36)25(13-7-2)22-28(35)32-17-19-38-20-18-34/h6-7,9,11-12,14-15,25-27,34H,1-2,8,10,13,16-23H2,3-5H3,(H,32,35)(H,33,36)/t25-,26+,27+/m0/s1. The van der Waals surface area contributed by atoms with E-state index in [1.807, 2.05) is 57.2 Å². The molecule has 0 heterocycles. The Balaban J connectivity index is 2.79. The Kier molecular flexibility index (Phi) is 16.7. The van der Waals surface area contributed by atoms with Crippen molar-refractivity contribution in [2.24, 2.45) is 17.3 Å². The van der Waals surface area contributed by atoms with E-state index in [0.717, 1.165) is 18.4 Å². The number of aliphatic hydroxyl groups is 1. The summed E-state index contributed by atoms with van der Waals surface area (Å²) in [6, 6.07) is 9.42. The van der Waals surface area contributed by atoms with Gasteiger partial charge in [-0.1, -0.05) is 63.3 Å². The third-order valence-corrected chi connectivity index (χ3v) is 6.43. The molecule has 3 N–H and O–H groups in total. The monoisotopic (exact) mass is 544 g/mol. The summed E-state index contributed by atoms with van der Waals surface area (Å²) in [7, 11) is 0. The van der Waals surface area contributed by atoms with Crippen molar-refractivity contribution in [3.8, 4) is 0 Å². The maximum Gasteiger partial charge on any atom is 0.309 e. The Labute approximate surface area is 234 Å². The molecule has 0 unspecified atom stereocenters. The summed E-state index contributed by atoms with van der Waals surface area (Å²) < 4.78 is 10.9. The third-order valence-electron chi connectivity index (χ3n) is 6.43. The number of hydrogen-bond donors (Lipinski definition) is 3. The fraction of sp³-hybridized carbons (Fsp3) is 0.581. The summed E-state index contributed by atoms with van der Waals surface area (Å²) >= 11 is 0. The van der Waals surface area contributed by atoms with Crippen LogP contribution in [0.15, 0.2) is 55.6 Å². The minimum atomic E-state index is -0.605. The smallest absolute Gasteiger partial charge is 0.309 e. The Morgan fingerprint density at radius 1 is 1.05 bits per heavy atom. The summed E-state index contributed by atoms with van der Waals surface area (Å²) in [5.74, 6) is -1.73. The quantitative estimate of drug-likeness (QED) is 0.130. The van der Waals surface area contributed by atoms with Crippen molar-refractivity contribution in [1.82, 2.24) is 10.6 Å². The van der Waals surface area contributed by atoms with Crippen LogP contribution in [0.25, 0.3) is 0 Å². The van der Waals surface area contributed by atoms with Crippen LogP contribution in [0.1, 0.15) is 58.4 Å². The van der Waals surface area contributed by atoms with E-state index in [1.165, 1.54) is 0 Å². The fourth-order valence-corrected chi connectivity index (χ4v) is 4.00. The molecule has 0 aromatic heterocycles. The van der Waals surface area contributed by atoms with E-state index in [4.69, 9.17) is 14.6 Å². The van der Waals surface area contributed by atoms with Crippen molar-refractivity contribution in [3.63, 3.8) is 0 Å². The molecule has 0 aliphatic rings. The molecule has 1 aromatic rings. The van der Waals surface area contributed by atoms with Crippen molar-refractivity contribution in [2.45, 2.75) is 65.3 Å². The van der Waals surface area contributed by atoms with Gasteiger partial charge in [-0.25, -0.2) is 0 Å². The highest BCUT2D eigenvalue weighted by molar-refractivity contribution is 5.86. The van der Waals surface area contributed by atoms with Gasteiger partial charge in [-0.3, -0.25) is 14.4 Å². The Hall–Kier alpha value is -2.97. The van der Waals surface area contributed by atoms with E-state index >= 15 is 0 Å². The second-order valence-corrected chi connectivity index (χ2v) is 10.8. The van der Waals surface area contributed by atoms with E-state index in [1.54, 1.807) is 6.08 Å². The molecule has 0 spiro atoms. The van der Waals surface area contributed by atoms with E-state index in [-0.39, 0.29) is 56.5 Å². The van der Waals surface area contributed by atoms with Crippen LogP contribution in [0.4, 0.5) is 0 Å². The lowest BCUT2D eigenvalue weighted by molar-refractivity contribution is -0.151. The van der Waals surface area contributed by atoms with Gasteiger partial charge in [-0.2, -0.15) is 0 Å². The van der Waals surface area contributed by atoms with Gasteiger partial charge in [0.25, 0.3) is 0 Å².